The molecule has 1 atom stereocenters. The molecule has 1 aliphatic heterocycles. The maximum atomic E-state index is 12.3. The predicted molar refractivity (Wildman–Crippen MR) is 105 cm³/mol. The SMILES string of the molecule is CCN(C(=O)COC(=O)/C=C/c1cc(Br)ccc1OC)C1CCS(=O)(=O)C1. The minimum atomic E-state index is -3.09. The lowest BCUT2D eigenvalue weighted by Crippen LogP contribution is -2.43. The number of carbonyl (C=O) groups is 2. The molecule has 0 spiro atoms. The lowest BCUT2D eigenvalue weighted by atomic mass is 10.2. The Morgan fingerprint density at radius 2 is 2.11 bits per heavy atom. The number of sulfone groups is 1. The van der Waals surface area contributed by atoms with Crippen LogP contribution in [0.1, 0.15) is 18.9 Å². The Kier molecular flexibility index (Phi) is 7.43. The van der Waals surface area contributed by atoms with Gasteiger partial charge < -0.3 is 14.4 Å². The molecule has 1 aliphatic rings. The van der Waals surface area contributed by atoms with Gasteiger partial charge in [0.15, 0.2) is 16.4 Å². The molecule has 148 valence electrons. The first-order valence-electron chi connectivity index (χ1n) is 8.44. The van der Waals surface area contributed by atoms with Gasteiger partial charge >= 0.3 is 5.97 Å². The van der Waals surface area contributed by atoms with Gasteiger partial charge in [-0.25, -0.2) is 13.2 Å². The van der Waals surface area contributed by atoms with Crippen LogP contribution in [0.4, 0.5) is 0 Å². The third-order valence-electron chi connectivity index (χ3n) is 4.24. The van der Waals surface area contributed by atoms with Crippen LogP contribution in [0.15, 0.2) is 28.7 Å². The van der Waals surface area contributed by atoms with Crippen LogP contribution in [0.5, 0.6) is 5.75 Å². The van der Waals surface area contributed by atoms with Crippen LogP contribution in [-0.2, 0) is 24.2 Å². The van der Waals surface area contributed by atoms with Crippen molar-refractivity contribution in [2.24, 2.45) is 0 Å². The number of esters is 1. The standard InChI is InChI=1S/C18H22BrNO6S/c1-3-20(15-8-9-27(23,24)12-15)17(21)11-26-18(22)7-4-13-10-14(19)5-6-16(13)25-2/h4-7,10,15H,3,8-9,11-12H2,1-2H3/b7-4+. The second-order valence-electron chi connectivity index (χ2n) is 6.06. The molecule has 0 bridgehead atoms. The zero-order valence-electron chi connectivity index (χ0n) is 15.2. The highest BCUT2D eigenvalue weighted by atomic mass is 79.9. The minimum absolute atomic E-state index is 0.0386. The molecule has 0 saturated carbocycles. The molecule has 1 unspecified atom stereocenters. The number of hydrogen-bond donors (Lipinski definition) is 0. The topological polar surface area (TPSA) is 90.0 Å². The first-order chi connectivity index (χ1) is 12.8. The van der Waals surface area contributed by atoms with E-state index in [1.54, 1.807) is 19.1 Å². The van der Waals surface area contributed by atoms with Crippen molar-refractivity contribution in [3.8, 4) is 5.75 Å². The van der Waals surface area contributed by atoms with E-state index in [-0.39, 0.29) is 17.5 Å². The van der Waals surface area contributed by atoms with Crippen LogP contribution in [0, 0.1) is 0 Å². The second kappa shape index (κ2) is 9.36. The van der Waals surface area contributed by atoms with Crippen molar-refractivity contribution >= 4 is 43.7 Å². The van der Waals surface area contributed by atoms with Crippen molar-refractivity contribution in [2.75, 3.05) is 31.8 Å². The van der Waals surface area contributed by atoms with Crippen molar-refractivity contribution in [3.05, 3.63) is 34.3 Å². The normalized spacial score (nSPS) is 18.4. The molecule has 0 aliphatic carbocycles. The number of halogens is 1. The molecule has 0 N–H and O–H groups in total. The maximum Gasteiger partial charge on any atom is 0.331 e. The number of hydrogen-bond acceptors (Lipinski definition) is 6. The summed E-state index contributed by atoms with van der Waals surface area (Å²) >= 11 is 3.35. The van der Waals surface area contributed by atoms with Gasteiger partial charge in [0.2, 0.25) is 0 Å². The largest absolute Gasteiger partial charge is 0.496 e. The van der Waals surface area contributed by atoms with E-state index in [1.807, 2.05) is 6.07 Å². The number of amides is 1. The molecule has 1 amide bonds. The first kappa shape index (κ1) is 21.4. The summed E-state index contributed by atoms with van der Waals surface area (Å²) in [6, 6.07) is 5.00. The predicted octanol–water partition coefficient (Wildman–Crippen LogP) is 2.05. The zero-order valence-corrected chi connectivity index (χ0v) is 17.6. The number of carbonyl (C=O) groups excluding carboxylic acids is 2. The fraction of sp³-hybridized carbons (Fsp3) is 0.444. The summed E-state index contributed by atoms with van der Waals surface area (Å²) in [5.41, 5.74) is 0.682. The number of rotatable bonds is 7. The molecule has 1 fully saturated rings. The number of likely N-dealkylation sites (N-methyl/N-ethyl adjacent to an activating group) is 1. The van der Waals surface area contributed by atoms with Crippen molar-refractivity contribution in [2.45, 2.75) is 19.4 Å². The first-order valence-corrected chi connectivity index (χ1v) is 11.1. The summed E-state index contributed by atoms with van der Waals surface area (Å²) in [4.78, 5) is 25.7. The average molecular weight is 460 g/mol. The van der Waals surface area contributed by atoms with Crippen molar-refractivity contribution in [1.29, 1.82) is 0 Å². The van der Waals surface area contributed by atoms with Crippen molar-refractivity contribution in [3.63, 3.8) is 0 Å². The molecule has 27 heavy (non-hydrogen) atoms. The van der Waals surface area contributed by atoms with E-state index in [1.165, 1.54) is 24.2 Å². The van der Waals surface area contributed by atoms with Crippen LogP contribution in [0.3, 0.4) is 0 Å². The molecule has 1 saturated heterocycles. The summed E-state index contributed by atoms with van der Waals surface area (Å²) in [6.45, 7) is 1.70. The van der Waals surface area contributed by atoms with Gasteiger partial charge in [-0.05, 0) is 37.6 Å². The molecule has 7 nitrogen and oxygen atoms in total. The highest BCUT2D eigenvalue weighted by Gasteiger charge is 2.34. The van der Waals surface area contributed by atoms with Gasteiger partial charge in [0, 0.05) is 28.7 Å². The van der Waals surface area contributed by atoms with E-state index >= 15 is 0 Å². The van der Waals surface area contributed by atoms with Gasteiger partial charge in [-0.1, -0.05) is 15.9 Å². The Morgan fingerprint density at radius 3 is 2.70 bits per heavy atom. The van der Waals surface area contributed by atoms with Crippen molar-refractivity contribution in [1.82, 2.24) is 4.90 Å². The molecule has 2 rings (SSSR count). The van der Waals surface area contributed by atoms with Gasteiger partial charge in [-0.15, -0.1) is 0 Å². The quantitative estimate of drug-likeness (QED) is 0.457. The Balaban J connectivity index is 1.92. The van der Waals surface area contributed by atoms with Gasteiger partial charge in [0.1, 0.15) is 5.75 Å². The Hall–Kier alpha value is -1.87. The number of ether oxygens (including phenoxy) is 2. The highest BCUT2D eigenvalue weighted by Crippen LogP contribution is 2.24. The van der Waals surface area contributed by atoms with Crippen LogP contribution in [0.2, 0.25) is 0 Å². The third kappa shape index (κ3) is 6.07. The van der Waals surface area contributed by atoms with Gasteiger partial charge in [0.25, 0.3) is 5.91 Å². The van der Waals surface area contributed by atoms with E-state index in [2.05, 4.69) is 15.9 Å². The average Bonchev–Trinajstić information content (AvgIpc) is 2.98. The summed E-state index contributed by atoms with van der Waals surface area (Å²) in [7, 11) is -1.57. The molecule has 0 radical (unpaired) electrons. The molecular formula is C18H22BrNO6S. The second-order valence-corrected chi connectivity index (χ2v) is 9.21. The maximum absolute atomic E-state index is 12.3. The van der Waals surface area contributed by atoms with E-state index in [9.17, 15) is 18.0 Å². The van der Waals surface area contributed by atoms with E-state index in [0.29, 0.717) is 24.3 Å². The highest BCUT2D eigenvalue weighted by molar-refractivity contribution is 9.10. The summed E-state index contributed by atoms with van der Waals surface area (Å²) in [6.07, 6.45) is 3.17. The number of methoxy groups -OCH3 is 1. The molecule has 1 aromatic carbocycles. The van der Waals surface area contributed by atoms with Crippen LogP contribution in [-0.4, -0.2) is 63.0 Å². The number of nitrogens with zero attached hydrogens (tertiary/aromatic N) is 1. The van der Waals surface area contributed by atoms with E-state index < -0.39 is 28.3 Å². The Labute approximate surface area is 167 Å². The molecular weight excluding hydrogens is 438 g/mol. The van der Waals surface area contributed by atoms with Crippen LogP contribution < -0.4 is 4.74 Å². The third-order valence-corrected chi connectivity index (χ3v) is 6.48. The van der Waals surface area contributed by atoms with Gasteiger partial charge in [-0.2, -0.15) is 0 Å². The molecule has 9 heteroatoms. The fourth-order valence-electron chi connectivity index (χ4n) is 2.92. The van der Waals surface area contributed by atoms with Crippen LogP contribution >= 0.6 is 15.9 Å². The lowest BCUT2D eigenvalue weighted by molar-refractivity contribution is -0.149. The van der Waals surface area contributed by atoms with Crippen molar-refractivity contribution < 1.29 is 27.5 Å². The molecule has 0 aromatic heterocycles. The Bertz CT molecular complexity index is 836. The lowest BCUT2D eigenvalue weighted by Gasteiger charge is -2.26. The van der Waals surface area contributed by atoms with Gasteiger partial charge in [-0.3, -0.25) is 4.79 Å². The summed E-state index contributed by atoms with van der Waals surface area (Å²) in [5.74, 6) is -0.429. The van der Waals surface area contributed by atoms with E-state index in [0.717, 1.165) is 4.47 Å². The fourth-order valence-corrected chi connectivity index (χ4v) is 5.03. The zero-order chi connectivity index (χ0) is 20.0. The summed E-state index contributed by atoms with van der Waals surface area (Å²) < 4.78 is 34.3. The summed E-state index contributed by atoms with van der Waals surface area (Å²) in [5, 5.41) is 0. The van der Waals surface area contributed by atoms with Crippen LogP contribution in [0.25, 0.3) is 6.08 Å². The molecule has 1 heterocycles. The molecule has 1 aromatic rings. The monoisotopic (exact) mass is 459 g/mol. The smallest absolute Gasteiger partial charge is 0.331 e. The van der Waals surface area contributed by atoms with E-state index in [4.69, 9.17) is 9.47 Å². The van der Waals surface area contributed by atoms with Gasteiger partial charge in [0.05, 0.1) is 18.6 Å². The number of benzene rings is 1. The minimum Gasteiger partial charge on any atom is -0.496 e. The Morgan fingerprint density at radius 1 is 1.37 bits per heavy atom.